The van der Waals surface area contributed by atoms with Crippen molar-refractivity contribution in [1.29, 1.82) is 0 Å². The molecule has 0 amide bonds. The van der Waals surface area contributed by atoms with Crippen molar-refractivity contribution in [3.8, 4) is 0 Å². The van der Waals surface area contributed by atoms with Crippen molar-refractivity contribution in [3.05, 3.63) is 0 Å². The molecule has 8 unspecified atom stereocenters. The van der Waals surface area contributed by atoms with Crippen molar-refractivity contribution in [3.63, 3.8) is 0 Å². The van der Waals surface area contributed by atoms with Gasteiger partial charge in [-0.1, -0.05) is 20.8 Å². The van der Waals surface area contributed by atoms with Gasteiger partial charge in [0.15, 0.2) is 11.7 Å². The van der Waals surface area contributed by atoms with Crippen molar-refractivity contribution >= 4 is 23.9 Å². The lowest BCUT2D eigenvalue weighted by molar-refractivity contribution is -0.391. The van der Waals surface area contributed by atoms with E-state index in [1.165, 1.54) is 13.8 Å². The summed E-state index contributed by atoms with van der Waals surface area (Å²) in [4.78, 5) is 47.1. The Hall–Kier alpha value is -3.04. The van der Waals surface area contributed by atoms with Gasteiger partial charge in [0.25, 0.3) is 5.60 Å². The molecule has 364 valence electrons. The second-order valence-corrected chi connectivity index (χ2v) is 18.2. The van der Waals surface area contributed by atoms with E-state index in [4.69, 9.17) is 14.2 Å². The maximum atomic E-state index is 13.3. The summed E-state index contributed by atoms with van der Waals surface area (Å²) in [5.74, 6) is -7.47. The van der Waals surface area contributed by atoms with Gasteiger partial charge in [0.1, 0.15) is 12.2 Å². The maximum Gasteiger partial charge on any atom is 0.426 e. The van der Waals surface area contributed by atoms with Crippen LogP contribution in [0.15, 0.2) is 0 Å². The van der Waals surface area contributed by atoms with Gasteiger partial charge in [0.05, 0.1) is 16.2 Å². The number of alkyl halides is 12. The average molecular weight is 929 g/mol. The van der Waals surface area contributed by atoms with Crippen molar-refractivity contribution in [1.82, 2.24) is 0 Å². The minimum atomic E-state index is -6.28. The molecule has 0 aromatic carbocycles. The molecule has 22 heteroatoms. The van der Waals surface area contributed by atoms with Crippen molar-refractivity contribution in [2.24, 2.45) is 34.0 Å². The van der Waals surface area contributed by atoms with Crippen LogP contribution in [-0.4, -0.2) is 94.4 Å². The van der Waals surface area contributed by atoms with E-state index in [2.05, 4.69) is 4.74 Å². The molecule has 10 nitrogen and oxygen atoms in total. The van der Waals surface area contributed by atoms with Gasteiger partial charge in [-0.3, -0.25) is 14.4 Å². The molecule has 0 spiro atoms. The van der Waals surface area contributed by atoms with Gasteiger partial charge < -0.3 is 29.2 Å². The van der Waals surface area contributed by atoms with Crippen LogP contribution < -0.4 is 0 Å². The van der Waals surface area contributed by atoms with E-state index in [-0.39, 0.29) is 37.3 Å². The Kier molecular flexibility index (Phi) is 18.4. The molecule has 2 aliphatic carbocycles. The van der Waals surface area contributed by atoms with Gasteiger partial charge in [0.2, 0.25) is 6.10 Å². The molecule has 3 fully saturated rings. The normalized spacial score (nSPS) is 25.4. The fourth-order valence-electron chi connectivity index (χ4n) is 6.40. The molecule has 62 heavy (non-hydrogen) atoms. The largest absolute Gasteiger partial charge is 0.462 e. The summed E-state index contributed by atoms with van der Waals surface area (Å²) in [6.45, 7) is 15.8. The summed E-state index contributed by atoms with van der Waals surface area (Å²) < 4.78 is 176. The lowest BCUT2D eigenvalue weighted by atomic mass is 9.66. The van der Waals surface area contributed by atoms with Gasteiger partial charge >= 0.3 is 48.6 Å². The van der Waals surface area contributed by atoms with Crippen LogP contribution in [0.25, 0.3) is 0 Å². The molecular weight excluding hydrogens is 868 g/mol. The summed E-state index contributed by atoms with van der Waals surface area (Å²) in [5, 5.41) is 19.6. The number of esters is 4. The highest BCUT2D eigenvalue weighted by Crippen LogP contribution is 2.55. The van der Waals surface area contributed by atoms with Gasteiger partial charge in [-0.15, -0.1) is 0 Å². The summed E-state index contributed by atoms with van der Waals surface area (Å²) in [5.41, 5.74) is -11.6. The number of aliphatic hydroxyl groups is 2. The third-order valence-corrected chi connectivity index (χ3v) is 12.4. The first kappa shape index (κ1) is 57.0. The van der Waals surface area contributed by atoms with Gasteiger partial charge in [-0.2, -0.15) is 52.7 Å². The zero-order valence-electron chi connectivity index (χ0n) is 36.6. The van der Waals surface area contributed by atoms with Crippen LogP contribution in [0.1, 0.15) is 134 Å². The van der Waals surface area contributed by atoms with Crippen molar-refractivity contribution in [2.75, 3.05) is 0 Å². The van der Waals surface area contributed by atoms with Gasteiger partial charge in [-0.05, 0) is 113 Å². The highest BCUT2D eigenvalue weighted by Gasteiger charge is 2.75. The Balaban J connectivity index is 0.000000518. The Morgan fingerprint density at radius 3 is 1.47 bits per heavy atom. The SMILES string of the molecule is CCC(C)(C)C(=O)OC(C)C(F)(F)F.CCC(C)(C)C(=O)OC1C(=O)OC2CCCC21.CCC(C)(C)C(=O)OC1CC(C(C)(O)C(F)(F)F)CC(C(O)(C(F)(F)F)C(F)(F)F)C1. The zero-order chi connectivity index (χ0) is 49.0. The molecule has 0 bridgehead atoms. The minimum absolute atomic E-state index is 0.0231. The van der Waals surface area contributed by atoms with E-state index in [0.717, 1.165) is 26.2 Å². The van der Waals surface area contributed by atoms with E-state index in [1.54, 1.807) is 27.7 Å². The second kappa shape index (κ2) is 20.0. The third-order valence-electron chi connectivity index (χ3n) is 12.4. The highest BCUT2D eigenvalue weighted by molar-refractivity contribution is 5.83. The standard InChI is InChI=1S/C18H25F9O4.C13H20O4.C9H15F3O2/c1-5-13(2,3)12(28)31-11-7-9(14(4,29)16(19,20)21)6-10(8-11)15(30,17(22,23)24)18(25,26)27;1-4-13(2,3)12(15)17-10-8-6-5-7-9(8)16-11(10)14;1-5-8(3,4)7(13)14-6(2)9(10,11)12/h9-11,29-30H,5-8H2,1-4H3;8-10H,4-7H2,1-3H3;6H,5H2,1-4H3. The second-order valence-electron chi connectivity index (χ2n) is 18.2. The van der Waals surface area contributed by atoms with Crippen molar-refractivity contribution in [2.45, 2.75) is 194 Å². The predicted molar refractivity (Wildman–Crippen MR) is 195 cm³/mol. The molecule has 8 atom stereocenters. The van der Waals surface area contributed by atoms with Crippen molar-refractivity contribution < 1.29 is 101 Å². The molecule has 1 heterocycles. The van der Waals surface area contributed by atoms with Crippen LogP contribution in [0.4, 0.5) is 52.7 Å². The predicted octanol–water partition coefficient (Wildman–Crippen LogP) is 9.90. The third kappa shape index (κ3) is 13.5. The molecule has 1 saturated heterocycles. The van der Waals surface area contributed by atoms with E-state index in [0.29, 0.717) is 12.8 Å². The molecular formula is C40H60F12O10. The number of carbonyl (C=O) groups is 4. The van der Waals surface area contributed by atoms with Crippen LogP contribution in [0, 0.1) is 34.0 Å². The zero-order valence-corrected chi connectivity index (χ0v) is 36.6. The minimum Gasteiger partial charge on any atom is -0.462 e. The van der Waals surface area contributed by atoms with Crippen LogP contribution in [0.5, 0.6) is 0 Å². The molecule has 3 aliphatic rings. The summed E-state index contributed by atoms with van der Waals surface area (Å²) in [6, 6.07) is 0. The van der Waals surface area contributed by atoms with Crippen LogP contribution in [-0.2, 0) is 38.1 Å². The highest BCUT2D eigenvalue weighted by atomic mass is 19.4. The number of fused-ring (bicyclic) bond motifs is 1. The van der Waals surface area contributed by atoms with E-state index >= 15 is 0 Å². The van der Waals surface area contributed by atoms with Gasteiger partial charge in [-0.25, -0.2) is 4.79 Å². The molecule has 1 aliphatic heterocycles. The smallest absolute Gasteiger partial charge is 0.426 e. The lowest BCUT2D eigenvalue weighted by Crippen LogP contribution is -2.64. The molecule has 3 rings (SSSR count). The fraction of sp³-hybridized carbons (Fsp3) is 0.900. The summed E-state index contributed by atoms with van der Waals surface area (Å²) in [7, 11) is 0. The Morgan fingerprint density at radius 1 is 0.645 bits per heavy atom. The fourth-order valence-corrected chi connectivity index (χ4v) is 6.40. The summed E-state index contributed by atoms with van der Waals surface area (Å²) in [6.07, 6.45) is -26.3. The number of hydrogen-bond acceptors (Lipinski definition) is 10. The lowest BCUT2D eigenvalue weighted by Gasteiger charge is -2.47. The topological polar surface area (TPSA) is 146 Å². The van der Waals surface area contributed by atoms with Crippen LogP contribution >= 0.6 is 0 Å². The molecule has 2 N–H and O–H groups in total. The van der Waals surface area contributed by atoms with E-state index in [1.807, 2.05) is 20.8 Å². The van der Waals surface area contributed by atoms with E-state index < -0.39 is 114 Å². The van der Waals surface area contributed by atoms with Gasteiger partial charge in [0, 0.05) is 17.8 Å². The molecule has 0 aromatic rings. The molecule has 0 radical (unpaired) electrons. The first-order chi connectivity index (χ1) is 27.6. The molecule has 0 aromatic heterocycles. The van der Waals surface area contributed by atoms with Crippen LogP contribution in [0.3, 0.4) is 0 Å². The number of rotatable bonds is 11. The quantitative estimate of drug-likeness (QED) is 0.117. The Labute approximate surface area is 353 Å². The maximum absolute atomic E-state index is 13.3. The van der Waals surface area contributed by atoms with E-state index in [9.17, 15) is 82.1 Å². The number of halogens is 12. The average Bonchev–Trinajstić information content (AvgIpc) is 3.70. The summed E-state index contributed by atoms with van der Waals surface area (Å²) >= 11 is 0. The number of hydrogen-bond donors (Lipinski definition) is 2. The Bertz CT molecular complexity index is 1520. The first-order valence-electron chi connectivity index (χ1n) is 20.1. The Morgan fingerprint density at radius 2 is 1.06 bits per heavy atom. The number of ether oxygens (including phenoxy) is 4. The monoisotopic (exact) mass is 928 g/mol. The van der Waals surface area contributed by atoms with Crippen LogP contribution in [0.2, 0.25) is 0 Å². The number of carbonyl (C=O) groups excluding carboxylic acids is 4. The molecule has 2 saturated carbocycles. The first-order valence-corrected chi connectivity index (χ1v) is 20.1.